The lowest BCUT2D eigenvalue weighted by atomic mass is 9.67. The average Bonchev–Trinajstić information content (AvgIpc) is 3.17. The zero-order valence-electron chi connectivity index (χ0n) is 16.7. The maximum atomic E-state index is 13.1. The van der Waals surface area contributed by atoms with E-state index in [0.717, 1.165) is 10.6 Å². The van der Waals surface area contributed by atoms with E-state index < -0.39 is 29.2 Å². The molecule has 2 aliphatic rings. The second-order valence-corrected chi connectivity index (χ2v) is 8.35. The zero-order chi connectivity index (χ0) is 22.4. The van der Waals surface area contributed by atoms with Gasteiger partial charge in [-0.2, -0.15) is 26.3 Å². The fraction of sp³-hybridized carbons (Fsp3) is 0.600. The lowest BCUT2D eigenvalue weighted by Crippen LogP contribution is -2.48. The molecule has 1 aromatic carbocycles. The predicted octanol–water partition coefficient (Wildman–Crippen LogP) is 3.97. The summed E-state index contributed by atoms with van der Waals surface area (Å²) in [7, 11) is 0. The highest BCUT2D eigenvalue weighted by atomic mass is 19.4. The van der Waals surface area contributed by atoms with Gasteiger partial charge in [0.25, 0.3) is 0 Å². The number of aromatic nitrogens is 3. The largest absolute Gasteiger partial charge is 0.451 e. The normalized spacial score (nSPS) is 25.5. The minimum absolute atomic E-state index is 0.116. The number of nitrogens with two attached hydrogens (primary N) is 1. The first-order chi connectivity index (χ1) is 14.5. The van der Waals surface area contributed by atoms with Crippen LogP contribution in [0.1, 0.15) is 48.5 Å². The van der Waals surface area contributed by atoms with Gasteiger partial charge in [0.1, 0.15) is 5.82 Å². The van der Waals surface area contributed by atoms with Gasteiger partial charge in [-0.1, -0.05) is 18.2 Å². The summed E-state index contributed by atoms with van der Waals surface area (Å²) < 4.78 is 79.6. The molecular weight excluding hydrogens is 424 g/mol. The fourth-order valence-electron chi connectivity index (χ4n) is 4.85. The van der Waals surface area contributed by atoms with Gasteiger partial charge < -0.3 is 10.3 Å². The average molecular weight is 447 g/mol. The third-order valence-corrected chi connectivity index (χ3v) is 6.66. The molecule has 5 nitrogen and oxygen atoms in total. The number of fused-ring (bicyclic) bond motifs is 1. The molecule has 1 saturated carbocycles. The first kappa shape index (κ1) is 22.1. The summed E-state index contributed by atoms with van der Waals surface area (Å²) in [4.78, 5) is 2.09. The predicted molar refractivity (Wildman–Crippen MR) is 99.9 cm³/mol. The number of rotatable bonds is 3. The van der Waals surface area contributed by atoms with Crippen molar-refractivity contribution in [1.82, 2.24) is 19.7 Å². The van der Waals surface area contributed by atoms with Gasteiger partial charge in [0.05, 0.1) is 12.1 Å². The lowest BCUT2D eigenvalue weighted by molar-refractivity contribution is -0.148. The van der Waals surface area contributed by atoms with Crippen LogP contribution in [0.3, 0.4) is 0 Å². The quantitative estimate of drug-likeness (QED) is 0.724. The molecular formula is C20H23F6N5. The van der Waals surface area contributed by atoms with Crippen molar-refractivity contribution in [3.05, 3.63) is 47.0 Å². The lowest BCUT2D eigenvalue weighted by Gasteiger charge is -2.44. The number of alkyl halides is 6. The highest BCUT2D eigenvalue weighted by Crippen LogP contribution is 2.42. The van der Waals surface area contributed by atoms with Crippen LogP contribution in [0, 0.1) is 0 Å². The number of hydrogen-bond acceptors (Lipinski definition) is 4. The summed E-state index contributed by atoms with van der Waals surface area (Å²) in [5, 5.41) is 7.02. The molecule has 2 N–H and O–H groups in total. The van der Waals surface area contributed by atoms with Crippen molar-refractivity contribution >= 4 is 0 Å². The molecule has 0 atom stereocenters. The van der Waals surface area contributed by atoms with Crippen molar-refractivity contribution in [2.75, 3.05) is 13.1 Å². The highest BCUT2D eigenvalue weighted by molar-refractivity contribution is 5.33. The fourth-order valence-corrected chi connectivity index (χ4v) is 4.85. The smallest absolute Gasteiger partial charge is 0.330 e. The first-order valence-electron chi connectivity index (χ1n) is 10.1. The maximum Gasteiger partial charge on any atom is 0.451 e. The Hall–Kier alpha value is -2.14. The molecule has 2 aromatic rings. The Morgan fingerprint density at radius 3 is 2.32 bits per heavy atom. The summed E-state index contributed by atoms with van der Waals surface area (Å²) >= 11 is 0. The summed E-state index contributed by atoms with van der Waals surface area (Å²) in [5.74, 6) is -0.690. The van der Waals surface area contributed by atoms with E-state index in [1.807, 2.05) is 0 Å². The van der Waals surface area contributed by atoms with Crippen molar-refractivity contribution in [2.24, 2.45) is 5.73 Å². The van der Waals surface area contributed by atoms with Crippen LogP contribution in [0.2, 0.25) is 0 Å². The number of halogens is 6. The van der Waals surface area contributed by atoms with E-state index in [0.29, 0.717) is 37.8 Å². The Bertz CT molecular complexity index is 927. The van der Waals surface area contributed by atoms with Crippen LogP contribution < -0.4 is 5.73 Å². The SMILES string of the molecule is NC[C@]1(c2cccc(C(F)(F)F)c2)CC[C@@H](N2CCn3c(nnc3C(F)(F)F)C2)CC1. The van der Waals surface area contributed by atoms with Crippen LogP contribution >= 0.6 is 0 Å². The van der Waals surface area contributed by atoms with Crippen molar-refractivity contribution in [3.63, 3.8) is 0 Å². The van der Waals surface area contributed by atoms with Crippen LogP contribution in [0.15, 0.2) is 24.3 Å². The molecule has 1 fully saturated rings. The summed E-state index contributed by atoms with van der Waals surface area (Å²) in [6, 6.07) is 5.47. The van der Waals surface area contributed by atoms with E-state index in [-0.39, 0.29) is 31.5 Å². The minimum Gasteiger partial charge on any atom is -0.330 e. The van der Waals surface area contributed by atoms with E-state index in [2.05, 4.69) is 15.1 Å². The molecule has 0 spiro atoms. The second-order valence-electron chi connectivity index (χ2n) is 8.35. The third-order valence-electron chi connectivity index (χ3n) is 6.66. The molecule has 0 unspecified atom stereocenters. The molecule has 1 aliphatic heterocycles. The minimum atomic E-state index is -4.54. The number of benzene rings is 1. The van der Waals surface area contributed by atoms with Crippen molar-refractivity contribution in [3.8, 4) is 0 Å². The molecule has 1 aromatic heterocycles. The Morgan fingerprint density at radius 2 is 1.71 bits per heavy atom. The van der Waals surface area contributed by atoms with Crippen LogP contribution in [0.5, 0.6) is 0 Å². The number of hydrogen-bond donors (Lipinski definition) is 1. The Labute approximate surface area is 175 Å². The maximum absolute atomic E-state index is 13.1. The van der Waals surface area contributed by atoms with Crippen LogP contribution in [-0.4, -0.2) is 38.8 Å². The van der Waals surface area contributed by atoms with Gasteiger partial charge >= 0.3 is 12.4 Å². The van der Waals surface area contributed by atoms with Gasteiger partial charge in [0, 0.05) is 31.1 Å². The van der Waals surface area contributed by atoms with E-state index in [4.69, 9.17) is 5.73 Å². The molecule has 31 heavy (non-hydrogen) atoms. The van der Waals surface area contributed by atoms with Gasteiger partial charge in [-0.05, 0) is 37.3 Å². The van der Waals surface area contributed by atoms with E-state index in [1.54, 1.807) is 6.07 Å². The Morgan fingerprint density at radius 1 is 1.00 bits per heavy atom. The molecule has 2 heterocycles. The standard InChI is InChI=1S/C20H23F6N5/c21-19(22,23)14-3-1-2-13(10-14)18(12-27)6-4-15(5-7-18)30-8-9-31-16(11-30)28-29-17(31)20(24,25)26/h1-3,10,15H,4-9,11-12,27H2/t15-,18+. The molecule has 0 saturated heterocycles. The van der Waals surface area contributed by atoms with Gasteiger partial charge in [-0.25, -0.2) is 0 Å². The monoisotopic (exact) mass is 447 g/mol. The van der Waals surface area contributed by atoms with Gasteiger partial charge in [-0.15, -0.1) is 10.2 Å². The molecule has 0 bridgehead atoms. The Balaban J connectivity index is 1.46. The third kappa shape index (κ3) is 4.17. The van der Waals surface area contributed by atoms with Crippen LogP contribution in [0.4, 0.5) is 26.3 Å². The van der Waals surface area contributed by atoms with E-state index in [9.17, 15) is 26.3 Å². The summed E-state index contributed by atoms with van der Waals surface area (Å²) in [5.41, 5.74) is 5.42. The summed E-state index contributed by atoms with van der Waals surface area (Å²) in [6.07, 6.45) is -6.31. The molecule has 0 radical (unpaired) electrons. The number of nitrogens with zero attached hydrogens (tertiary/aromatic N) is 4. The van der Waals surface area contributed by atoms with Gasteiger partial charge in [0.2, 0.25) is 5.82 Å². The van der Waals surface area contributed by atoms with E-state index in [1.165, 1.54) is 12.1 Å². The van der Waals surface area contributed by atoms with Crippen molar-refractivity contribution < 1.29 is 26.3 Å². The Kier molecular flexibility index (Phi) is 5.53. The topological polar surface area (TPSA) is 60.0 Å². The highest BCUT2D eigenvalue weighted by Gasteiger charge is 2.42. The van der Waals surface area contributed by atoms with Gasteiger partial charge in [0.15, 0.2) is 0 Å². The molecule has 170 valence electrons. The van der Waals surface area contributed by atoms with Gasteiger partial charge in [-0.3, -0.25) is 4.90 Å². The van der Waals surface area contributed by atoms with Crippen molar-refractivity contribution in [1.29, 1.82) is 0 Å². The van der Waals surface area contributed by atoms with Crippen LogP contribution in [-0.2, 0) is 30.9 Å². The molecule has 0 amide bonds. The molecule has 1 aliphatic carbocycles. The molecule has 4 rings (SSSR count). The first-order valence-corrected chi connectivity index (χ1v) is 10.1. The zero-order valence-corrected chi connectivity index (χ0v) is 16.7. The summed E-state index contributed by atoms with van der Waals surface area (Å²) in [6.45, 7) is 1.11. The van der Waals surface area contributed by atoms with E-state index >= 15 is 0 Å². The van der Waals surface area contributed by atoms with Crippen molar-refractivity contribution in [2.45, 2.75) is 62.6 Å². The van der Waals surface area contributed by atoms with Crippen LogP contribution in [0.25, 0.3) is 0 Å². The molecule has 11 heteroatoms. The second kappa shape index (κ2) is 7.77.